The van der Waals surface area contributed by atoms with E-state index < -0.39 is 0 Å². The first kappa shape index (κ1) is 15.7. The predicted molar refractivity (Wildman–Crippen MR) is 88.3 cm³/mol. The van der Waals surface area contributed by atoms with E-state index in [2.05, 4.69) is 0 Å². The molecule has 0 N–H and O–H groups in total. The second-order valence-corrected chi connectivity index (χ2v) is 7.28. The number of hydrogen-bond donors (Lipinski definition) is 0. The van der Waals surface area contributed by atoms with Gasteiger partial charge in [-0.25, -0.2) is 0 Å². The molecule has 22 heavy (non-hydrogen) atoms. The first-order valence-corrected chi connectivity index (χ1v) is 8.88. The molecular weight excluding hydrogens is 298 g/mol. The fraction of sp³-hybridized carbons (Fsp3) is 0.588. The van der Waals surface area contributed by atoms with Crippen LogP contribution in [0.3, 0.4) is 0 Å². The Labute approximate surface area is 136 Å². The standard InChI is InChI=1S/C17H23NO3S/c1-20-15-5-2-14(3-6-15)4-7-16(19)18-10-8-17(9-11-18)21-12-13-22-17/h2-3,5-6H,4,7-13H2,1H3. The van der Waals surface area contributed by atoms with Crippen LogP contribution < -0.4 is 4.74 Å². The number of amides is 1. The van der Waals surface area contributed by atoms with Gasteiger partial charge in [-0.2, -0.15) is 0 Å². The quantitative estimate of drug-likeness (QED) is 0.855. The summed E-state index contributed by atoms with van der Waals surface area (Å²) in [6, 6.07) is 7.94. The van der Waals surface area contributed by atoms with Gasteiger partial charge in [0.25, 0.3) is 0 Å². The molecule has 4 nitrogen and oxygen atoms in total. The van der Waals surface area contributed by atoms with E-state index in [4.69, 9.17) is 9.47 Å². The van der Waals surface area contributed by atoms with Crippen LogP contribution in [0.1, 0.15) is 24.8 Å². The van der Waals surface area contributed by atoms with Gasteiger partial charge in [0.15, 0.2) is 0 Å². The van der Waals surface area contributed by atoms with Crippen LogP contribution in [-0.2, 0) is 16.0 Å². The lowest BCUT2D eigenvalue weighted by Gasteiger charge is -2.37. The molecule has 5 heteroatoms. The van der Waals surface area contributed by atoms with Crippen LogP contribution in [0.2, 0.25) is 0 Å². The molecule has 2 aliphatic rings. The number of piperidine rings is 1. The molecule has 120 valence electrons. The summed E-state index contributed by atoms with van der Waals surface area (Å²) in [6.45, 7) is 2.51. The molecule has 2 aliphatic heterocycles. The third-order valence-electron chi connectivity index (χ3n) is 4.48. The van der Waals surface area contributed by atoms with E-state index in [-0.39, 0.29) is 10.8 Å². The fourth-order valence-electron chi connectivity index (χ4n) is 3.08. The Morgan fingerprint density at radius 1 is 1.32 bits per heavy atom. The first-order chi connectivity index (χ1) is 10.7. The summed E-state index contributed by atoms with van der Waals surface area (Å²) in [5.74, 6) is 2.20. The fourth-order valence-corrected chi connectivity index (χ4v) is 4.26. The van der Waals surface area contributed by atoms with Crippen molar-refractivity contribution in [1.82, 2.24) is 4.90 Å². The van der Waals surface area contributed by atoms with Gasteiger partial charge in [-0.3, -0.25) is 4.79 Å². The van der Waals surface area contributed by atoms with E-state index in [0.717, 1.165) is 50.5 Å². The van der Waals surface area contributed by atoms with E-state index >= 15 is 0 Å². The number of methoxy groups -OCH3 is 1. The third kappa shape index (κ3) is 3.58. The van der Waals surface area contributed by atoms with Crippen LogP contribution in [0.25, 0.3) is 0 Å². The third-order valence-corrected chi connectivity index (χ3v) is 5.90. The van der Waals surface area contributed by atoms with Crippen molar-refractivity contribution in [1.29, 1.82) is 0 Å². The van der Waals surface area contributed by atoms with Crippen molar-refractivity contribution in [3.63, 3.8) is 0 Å². The SMILES string of the molecule is COc1ccc(CCC(=O)N2CCC3(CC2)OCCS3)cc1. The largest absolute Gasteiger partial charge is 0.497 e. The molecule has 1 amide bonds. The van der Waals surface area contributed by atoms with E-state index in [1.165, 1.54) is 5.56 Å². The Morgan fingerprint density at radius 2 is 2.05 bits per heavy atom. The summed E-state index contributed by atoms with van der Waals surface area (Å²) >= 11 is 1.92. The molecule has 0 atom stereocenters. The molecule has 3 rings (SSSR count). The van der Waals surface area contributed by atoms with Crippen molar-refractivity contribution in [2.24, 2.45) is 0 Å². The Kier molecular flexibility index (Phi) is 4.93. The minimum absolute atomic E-state index is 0.00671. The molecule has 0 unspecified atom stereocenters. The smallest absolute Gasteiger partial charge is 0.222 e. The number of carbonyl (C=O) groups is 1. The van der Waals surface area contributed by atoms with Gasteiger partial charge in [0.05, 0.1) is 13.7 Å². The van der Waals surface area contributed by atoms with Gasteiger partial charge >= 0.3 is 0 Å². The highest BCUT2D eigenvalue weighted by atomic mass is 32.2. The molecule has 2 saturated heterocycles. The highest BCUT2D eigenvalue weighted by Crippen LogP contribution is 2.41. The number of hydrogen-bond acceptors (Lipinski definition) is 4. The summed E-state index contributed by atoms with van der Waals surface area (Å²) in [6.07, 6.45) is 3.29. The molecule has 1 spiro atoms. The Balaban J connectivity index is 1.46. The first-order valence-electron chi connectivity index (χ1n) is 7.89. The van der Waals surface area contributed by atoms with Crippen LogP contribution in [0.5, 0.6) is 5.75 Å². The van der Waals surface area contributed by atoms with Crippen molar-refractivity contribution in [2.75, 3.05) is 32.6 Å². The van der Waals surface area contributed by atoms with Gasteiger partial charge in [0.2, 0.25) is 5.91 Å². The summed E-state index contributed by atoms with van der Waals surface area (Å²) in [5, 5.41) is 0. The van der Waals surface area contributed by atoms with Gasteiger partial charge in [-0.05, 0) is 24.1 Å². The van der Waals surface area contributed by atoms with Crippen LogP contribution in [0, 0.1) is 0 Å². The zero-order valence-corrected chi connectivity index (χ0v) is 13.9. The molecule has 2 heterocycles. The average molecular weight is 321 g/mol. The van der Waals surface area contributed by atoms with Crippen LogP contribution >= 0.6 is 11.8 Å². The molecule has 0 aromatic heterocycles. The summed E-state index contributed by atoms with van der Waals surface area (Å²) in [7, 11) is 1.66. The summed E-state index contributed by atoms with van der Waals surface area (Å²) in [5.41, 5.74) is 1.18. The molecular formula is C17H23NO3S. The van der Waals surface area contributed by atoms with Crippen molar-refractivity contribution in [3.05, 3.63) is 29.8 Å². The Morgan fingerprint density at radius 3 is 2.64 bits per heavy atom. The highest BCUT2D eigenvalue weighted by Gasteiger charge is 2.39. The number of nitrogens with zero attached hydrogens (tertiary/aromatic N) is 1. The normalized spacial score (nSPS) is 20.3. The Bertz CT molecular complexity index is 501. The molecule has 1 aromatic carbocycles. The van der Waals surface area contributed by atoms with Crippen LogP contribution in [0.4, 0.5) is 0 Å². The number of rotatable bonds is 4. The van der Waals surface area contributed by atoms with E-state index in [1.54, 1.807) is 7.11 Å². The van der Waals surface area contributed by atoms with Gasteiger partial charge in [0, 0.05) is 38.1 Å². The lowest BCUT2D eigenvalue weighted by atomic mass is 10.0. The van der Waals surface area contributed by atoms with E-state index in [1.807, 2.05) is 40.9 Å². The number of thioether (sulfide) groups is 1. The average Bonchev–Trinajstić information content (AvgIpc) is 3.02. The Hall–Kier alpha value is -1.20. The van der Waals surface area contributed by atoms with E-state index in [9.17, 15) is 4.79 Å². The minimum atomic E-state index is 0.00671. The second-order valence-electron chi connectivity index (χ2n) is 5.84. The molecule has 0 aliphatic carbocycles. The molecule has 0 bridgehead atoms. The molecule has 2 fully saturated rings. The number of aryl methyl sites for hydroxylation is 1. The van der Waals surface area contributed by atoms with Crippen molar-refractivity contribution in [2.45, 2.75) is 30.6 Å². The maximum absolute atomic E-state index is 12.4. The van der Waals surface area contributed by atoms with Crippen LogP contribution in [0.15, 0.2) is 24.3 Å². The molecule has 0 radical (unpaired) electrons. The zero-order valence-electron chi connectivity index (χ0n) is 13.0. The van der Waals surface area contributed by atoms with Crippen molar-refractivity contribution < 1.29 is 14.3 Å². The minimum Gasteiger partial charge on any atom is -0.497 e. The number of benzene rings is 1. The summed E-state index contributed by atoms with van der Waals surface area (Å²) in [4.78, 5) is 14.4. The predicted octanol–water partition coefficient (Wildman–Crippen LogP) is 2.71. The van der Waals surface area contributed by atoms with Gasteiger partial charge in [-0.15, -0.1) is 11.8 Å². The number of ether oxygens (including phenoxy) is 2. The summed E-state index contributed by atoms with van der Waals surface area (Å²) < 4.78 is 11.0. The monoisotopic (exact) mass is 321 g/mol. The van der Waals surface area contributed by atoms with Gasteiger partial charge < -0.3 is 14.4 Å². The van der Waals surface area contributed by atoms with Gasteiger partial charge in [-0.1, -0.05) is 12.1 Å². The zero-order chi connectivity index (χ0) is 15.4. The maximum atomic E-state index is 12.4. The van der Waals surface area contributed by atoms with Crippen LogP contribution in [-0.4, -0.2) is 48.3 Å². The molecule has 0 saturated carbocycles. The molecule has 1 aromatic rings. The van der Waals surface area contributed by atoms with Crippen molar-refractivity contribution >= 4 is 17.7 Å². The topological polar surface area (TPSA) is 38.8 Å². The van der Waals surface area contributed by atoms with E-state index in [0.29, 0.717) is 6.42 Å². The van der Waals surface area contributed by atoms with Crippen molar-refractivity contribution in [3.8, 4) is 5.75 Å². The van der Waals surface area contributed by atoms with Gasteiger partial charge in [0.1, 0.15) is 10.7 Å². The maximum Gasteiger partial charge on any atom is 0.222 e. The second kappa shape index (κ2) is 6.92. The lowest BCUT2D eigenvalue weighted by molar-refractivity contribution is -0.134. The lowest BCUT2D eigenvalue weighted by Crippen LogP contribution is -2.45. The highest BCUT2D eigenvalue weighted by molar-refractivity contribution is 8.00. The number of likely N-dealkylation sites (tertiary alicyclic amines) is 1. The number of carbonyl (C=O) groups excluding carboxylic acids is 1.